The molecular formula is C35H47NO. The summed E-state index contributed by atoms with van der Waals surface area (Å²) in [6, 6.07) is 18.4. The van der Waals surface area contributed by atoms with E-state index >= 15 is 0 Å². The van der Waals surface area contributed by atoms with Gasteiger partial charge in [-0.15, -0.1) is 0 Å². The van der Waals surface area contributed by atoms with Crippen molar-refractivity contribution < 1.29 is 4.74 Å². The van der Waals surface area contributed by atoms with Crippen LogP contribution in [0.25, 0.3) is 0 Å². The van der Waals surface area contributed by atoms with Crippen LogP contribution in [0.5, 0.6) is 11.5 Å². The first kappa shape index (κ1) is 27.3. The molecule has 0 bridgehead atoms. The average molecular weight is 498 g/mol. The fourth-order valence-corrected chi connectivity index (χ4v) is 5.61. The molecule has 2 nitrogen and oxygen atoms in total. The van der Waals surface area contributed by atoms with Crippen molar-refractivity contribution in [1.29, 1.82) is 0 Å². The van der Waals surface area contributed by atoms with Crippen LogP contribution in [0.15, 0.2) is 48.5 Å². The Morgan fingerprint density at radius 1 is 0.649 bits per heavy atom. The van der Waals surface area contributed by atoms with Crippen molar-refractivity contribution >= 4 is 17.1 Å². The maximum Gasteiger partial charge on any atom is 0.151 e. The summed E-state index contributed by atoms with van der Waals surface area (Å²) in [7, 11) is 0. The van der Waals surface area contributed by atoms with E-state index in [2.05, 4.69) is 130 Å². The van der Waals surface area contributed by atoms with Gasteiger partial charge in [-0.2, -0.15) is 0 Å². The zero-order valence-corrected chi connectivity index (χ0v) is 25.1. The van der Waals surface area contributed by atoms with E-state index in [1.165, 1.54) is 33.5 Å². The topological polar surface area (TPSA) is 12.5 Å². The molecule has 1 aliphatic rings. The molecule has 0 atom stereocenters. The Morgan fingerprint density at radius 2 is 1.14 bits per heavy atom. The van der Waals surface area contributed by atoms with Crippen LogP contribution in [0.1, 0.15) is 109 Å². The molecule has 0 saturated heterocycles. The second-order valence-electron chi connectivity index (χ2n) is 13.4. The van der Waals surface area contributed by atoms with Gasteiger partial charge >= 0.3 is 0 Å². The quantitative estimate of drug-likeness (QED) is 0.263. The van der Waals surface area contributed by atoms with Gasteiger partial charge in [0.2, 0.25) is 0 Å². The van der Waals surface area contributed by atoms with Crippen LogP contribution in [0.2, 0.25) is 0 Å². The van der Waals surface area contributed by atoms with E-state index in [4.69, 9.17) is 4.74 Å². The van der Waals surface area contributed by atoms with Gasteiger partial charge in [0.05, 0.1) is 17.1 Å². The van der Waals surface area contributed by atoms with Crippen LogP contribution in [-0.4, -0.2) is 0 Å². The number of aryl methyl sites for hydroxylation is 2. The third-order valence-corrected chi connectivity index (χ3v) is 8.52. The number of hydrogen-bond acceptors (Lipinski definition) is 2. The van der Waals surface area contributed by atoms with Gasteiger partial charge in [-0.25, -0.2) is 0 Å². The minimum Gasteiger partial charge on any atom is -0.453 e. The van der Waals surface area contributed by atoms with Crippen molar-refractivity contribution in [3.8, 4) is 11.5 Å². The van der Waals surface area contributed by atoms with Crippen molar-refractivity contribution in [3.63, 3.8) is 0 Å². The summed E-state index contributed by atoms with van der Waals surface area (Å²) in [4.78, 5) is 2.44. The van der Waals surface area contributed by atoms with Gasteiger partial charge in [-0.05, 0) is 95.0 Å². The summed E-state index contributed by atoms with van der Waals surface area (Å²) in [5, 5.41) is 0. The Labute approximate surface area is 226 Å². The molecule has 0 N–H and O–H groups in total. The van der Waals surface area contributed by atoms with Gasteiger partial charge < -0.3 is 9.64 Å². The lowest BCUT2D eigenvalue weighted by Crippen LogP contribution is -2.22. The fraction of sp³-hybridized carbons (Fsp3) is 0.486. The smallest absolute Gasteiger partial charge is 0.151 e. The van der Waals surface area contributed by atoms with E-state index in [-0.39, 0.29) is 16.2 Å². The molecule has 0 saturated carbocycles. The highest BCUT2D eigenvalue weighted by Gasteiger charge is 2.32. The molecule has 198 valence electrons. The summed E-state index contributed by atoms with van der Waals surface area (Å²) in [5.41, 5.74) is 10.4. The number of hydrogen-bond donors (Lipinski definition) is 0. The van der Waals surface area contributed by atoms with Crippen LogP contribution in [0.4, 0.5) is 17.1 Å². The number of nitrogens with zero attached hydrogens (tertiary/aromatic N) is 1. The summed E-state index contributed by atoms with van der Waals surface area (Å²) in [5.74, 6) is 1.88. The molecule has 2 heteroatoms. The van der Waals surface area contributed by atoms with E-state index < -0.39 is 0 Å². The largest absolute Gasteiger partial charge is 0.453 e. The van der Waals surface area contributed by atoms with Crippen LogP contribution in [-0.2, 0) is 16.2 Å². The van der Waals surface area contributed by atoms with E-state index in [0.717, 1.165) is 42.1 Å². The van der Waals surface area contributed by atoms with Crippen LogP contribution < -0.4 is 9.64 Å². The molecule has 3 aromatic rings. The molecule has 0 unspecified atom stereocenters. The lowest BCUT2D eigenvalue weighted by atomic mass is 9.80. The molecule has 3 aromatic carbocycles. The zero-order valence-electron chi connectivity index (χ0n) is 25.1. The Hall–Kier alpha value is -2.74. The normalized spacial score (nSPS) is 13.8. The highest BCUT2D eigenvalue weighted by Crippen LogP contribution is 2.54. The van der Waals surface area contributed by atoms with Crippen molar-refractivity contribution in [1.82, 2.24) is 0 Å². The first-order valence-electron chi connectivity index (χ1n) is 14.1. The molecule has 37 heavy (non-hydrogen) atoms. The molecule has 0 fully saturated rings. The first-order valence-corrected chi connectivity index (χ1v) is 14.1. The monoisotopic (exact) mass is 497 g/mol. The zero-order chi connectivity index (χ0) is 27.3. The summed E-state index contributed by atoms with van der Waals surface area (Å²) in [6.07, 6.45) is 3.38. The van der Waals surface area contributed by atoms with Gasteiger partial charge in [-0.3, -0.25) is 0 Å². The molecule has 0 aliphatic carbocycles. The van der Waals surface area contributed by atoms with Gasteiger partial charge in [-0.1, -0.05) is 93.0 Å². The van der Waals surface area contributed by atoms with Crippen LogP contribution in [0, 0.1) is 13.8 Å². The van der Waals surface area contributed by atoms with Crippen LogP contribution in [0.3, 0.4) is 0 Å². The van der Waals surface area contributed by atoms with E-state index in [0.29, 0.717) is 0 Å². The minimum atomic E-state index is 0.0919. The first-order chi connectivity index (χ1) is 17.2. The van der Waals surface area contributed by atoms with Gasteiger partial charge in [0, 0.05) is 0 Å². The third-order valence-electron chi connectivity index (χ3n) is 8.52. The molecule has 1 aliphatic heterocycles. The van der Waals surface area contributed by atoms with Gasteiger partial charge in [0.15, 0.2) is 11.5 Å². The molecule has 1 heterocycles. The molecule has 0 spiro atoms. The number of rotatable bonds is 6. The second-order valence-corrected chi connectivity index (χ2v) is 13.4. The Bertz CT molecular complexity index is 1280. The second kappa shape index (κ2) is 9.53. The van der Waals surface area contributed by atoms with E-state index in [9.17, 15) is 0 Å². The maximum absolute atomic E-state index is 6.74. The highest BCUT2D eigenvalue weighted by molar-refractivity contribution is 5.89. The molecule has 0 amide bonds. The summed E-state index contributed by atoms with van der Waals surface area (Å²) in [6.45, 7) is 25.2. The van der Waals surface area contributed by atoms with Crippen LogP contribution >= 0.6 is 0 Å². The lowest BCUT2D eigenvalue weighted by Gasteiger charge is -2.37. The van der Waals surface area contributed by atoms with Crippen molar-refractivity contribution in [2.45, 2.75) is 112 Å². The molecule has 4 rings (SSSR count). The van der Waals surface area contributed by atoms with E-state index in [1.807, 2.05) is 0 Å². The van der Waals surface area contributed by atoms with Crippen molar-refractivity contribution in [3.05, 3.63) is 76.3 Å². The number of benzene rings is 3. The Kier molecular flexibility index (Phi) is 7.03. The maximum atomic E-state index is 6.74. The van der Waals surface area contributed by atoms with Gasteiger partial charge in [0.25, 0.3) is 0 Å². The Morgan fingerprint density at radius 3 is 1.57 bits per heavy atom. The SMILES string of the molecule is CCCC(C)(C)c1ccc2c(c1)Oc1cc(C(C)(C)CC)ccc1N2c1c(C)cc(C(C)(C)C)cc1C. The highest BCUT2D eigenvalue weighted by atomic mass is 16.5. The third kappa shape index (κ3) is 5.05. The summed E-state index contributed by atoms with van der Waals surface area (Å²) >= 11 is 0. The molecule has 0 aromatic heterocycles. The molecular weight excluding hydrogens is 450 g/mol. The standard InChI is InChI=1S/C35H47NO/c1-12-18-35(10,11)26-15-17-29-31(22-26)37-30-21-25(34(8,9)13-2)14-16-28(30)36(29)32-23(3)19-27(20-24(32)4)33(5,6)7/h14-17,19-22H,12-13,18H2,1-11H3. The number of ether oxygens (including phenoxy) is 1. The number of fused-ring (bicyclic) bond motifs is 2. The predicted octanol–water partition coefficient (Wildman–Crippen LogP) is 10.9. The van der Waals surface area contributed by atoms with E-state index in [1.54, 1.807) is 0 Å². The molecule has 0 radical (unpaired) electrons. The Balaban J connectivity index is 1.96. The van der Waals surface area contributed by atoms with Gasteiger partial charge in [0.1, 0.15) is 0 Å². The average Bonchev–Trinajstić information content (AvgIpc) is 2.81. The number of anilines is 3. The summed E-state index contributed by atoms with van der Waals surface area (Å²) < 4.78 is 6.74. The van der Waals surface area contributed by atoms with Crippen molar-refractivity contribution in [2.24, 2.45) is 0 Å². The predicted molar refractivity (Wildman–Crippen MR) is 161 cm³/mol. The minimum absolute atomic E-state index is 0.0919. The lowest BCUT2D eigenvalue weighted by molar-refractivity contribution is 0.452. The fourth-order valence-electron chi connectivity index (χ4n) is 5.61. The van der Waals surface area contributed by atoms with Crippen molar-refractivity contribution in [2.75, 3.05) is 4.90 Å².